The number of fused-ring (bicyclic) bond motifs is 2. The minimum absolute atomic E-state index is 0.0522. The highest BCUT2D eigenvalue weighted by Crippen LogP contribution is 2.43. The molecule has 0 radical (unpaired) electrons. The number of hydrogen-bond acceptors (Lipinski definition) is 13. The fourth-order valence-electron chi connectivity index (χ4n) is 8.96. The number of ketones is 1. The van der Waals surface area contributed by atoms with Crippen molar-refractivity contribution in [1.82, 2.24) is 9.97 Å². The zero-order valence-corrected chi connectivity index (χ0v) is 38.8. The summed E-state index contributed by atoms with van der Waals surface area (Å²) >= 11 is 0. The molecule has 13 nitrogen and oxygen atoms in total. The van der Waals surface area contributed by atoms with Crippen LogP contribution in [0, 0.1) is 11.8 Å². The van der Waals surface area contributed by atoms with E-state index in [0.717, 1.165) is 28.3 Å². The van der Waals surface area contributed by atoms with Gasteiger partial charge in [-0.2, -0.15) is 0 Å². The summed E-state index contributed by atoms with van der Waals surface area (Å²) in [5, 5.41) is 1.05. The van der Waals surface area contributed by atoms with Gasteiger partial charge in [-0.15, -0.1) is 0 Å². The maximum Gasteiger partial charge on any atom is 0.335 e. The summed E-state index contributed by atoms with van der Waals surface area (Å²) in [5.74, 6) is -2.23. The molecule has 1 heterocycles. The first-order chi connectivity index (χ1) is 34.0. The second-order valence-electron chi connectivity index (χ2n) is 17.7. The van der Waals surface area contributed by atoms with Crippen molar-refractivity contribution < 1.29 is 52.5 Å². The van der Waals surface area contributed by atoms with Gasteiger partial charge in [0.25, 0.3) is 0 Å². The van der Waals surface area contributed by atoms with Crippen molar-refractivity contribution in [3.8, 4) is 28.5 Å². The van der Waals surface area contributed by atoms with Crippen LogP contribution in [0.15, 0.2) is 135 Å². The number of carbonyl (C=O) groups is 6. The molecule has 0 N–H and O–H groups in total. The quantitative estimate of drug-likeness (QED) is 0.0345. The van der Waals surface area contributed by atoms with Gasteiger partial charge < -0.3 is 23.7 Å². The summed E-state index contributed by atoms with van der Waals surface area (Å²) in [7, 11) is 0. The van der Waals surface area contributed by atoms with Gasteiger partial charge in [-0.25, -0.2) is 14.8 Å². The van der Waals surface area contributed by atoms with Crippen molar-refractivity contribution in [2.45, 2.75) is 95.7 Å². The number of aryl methyl sites for hydroxylation is 2. The maximum atomic E-state index is 14.1. The standard InChI is InChI=1S/C57H54N2O11/c1-3-42(60)34-38-16-14-36(15-17-38)20-32-50(62)67-44-28-22-40(23-29-44)56(64)69-54-46-12-8-9-13-47(46)55(53-52(54)58-35-48(59-53)39-10-6-5-7-11-39)70-57(65)41-24-30-45(31-25-41)68-51(63)33-21-37-18-26-43(27-19-37)66-49(61)4-2/h3-19,26-27,35,40-41,44-45H,1-2,20-25,28-34H2. The van der Waals surface area contributed by atoms with E-state index in [1.807, 2.05) is 66.7 Å². The van der Waals surface area contributed by atoms with Gasteiger partial charge in [0, 0.05) is 41.7 Å². The second-order valence-corrected chi connectivity index (χ2v) is 17.7. The number of esters is 5. The highest BCUT2D eigenvalue weighted by molar-refractivity contribution is 6.10. The third-order valence-corrected chi connectivity index (χ3v) is 12.9. The van der Waals surface area contributed by atoms with Crippen molar-refractivity contribution in [1.29, 1.82) is 0 Å². The molecule has 8 rings (SSSR count). The number of hydrogen-bond donors (Lipinski definition) is 0. The topological polar surface area (TPSA) is 174 Å². The van der Waals surface area contributed by atoms with Crippen LogP contribution in [0.5, 0.6) is 17.2 Å². The Balaban J connectivity index is 0.901. The molecule has 5 aromatic carbocycles. The van der Waals surface area contributed by atoms with E-state index in [-0.39, 0.29) is 71.7 Å². The van der Waals surface area contributed by atoms with Gasteiger partial charge in [-0.05, 0) is 99.1 Å². The van der Waals surface area contributed by atoms with E-state index in [2.05, 4.69) is 13.2 Å². The smallest absolute Gasteiger partial charge is 0.335 e. The van der Waals surface area contributed by atoms with E-state index in [0.29, 0.717) is 86.4 Å². The third-order valence-electron chi connectivity index (χ3n) is 12.9. The zero-order chi connectivity index (χ0) is 49.0. The first-order valence-electron chi connectivity index (χ1n) is 23.8. The molecule has 70 heavy (non-hydrogen) atoms. The Hall–Kier alpha value is -7.80. The Morgan fingerprint density at radius 3 is 1.54 bits per heavy atom. The molecule has 358 valence electrons. The number of allylic oxidation sites excluding steroid dienone is 1. The molecule has 1 aromatic heterocycles. The van der Waals surface area contributed by atoms with Gasteiger partial charge in [0.1, 0.15) is 29.0 Å². The van der Waals surface area contributed by atoms with Gasteiger partial charge in [0.15, 0.2) is 17.3 Å². The number of carbonyl (C=O) groups excluding carboxylic acids is 6. The lowest BCUT2D eigenvalue weighted by molar-refractivity contribution is -0.153. The molecule has 2 aliphatic carbocycles. The molecule has 13 heteroatoms. The van der Waals surface area contributed by atoms with Crippen molar-refractivity contribution in [2.24, 2.45) is 11.8 Å². The van der Waals surface area contributed by atoms with Crippen molar-refractivity contribution in [3.63, 3.8) is 0 Å². The molecule has 2 aliphatic rings. The number of nitrogens with zero attached hydrogens (tertiary/aromatic N) is 2. The molecule has 2 fully saturated rings. The average Bonchev–Trinajstić information content (AvgIpc) is 3.39. The molecular formula is C57H54N2O11. The Morgan fingerprint density at radius 1 is 0.543 bits per heavy atom. The second kappa shape index (κ2) is 23.0. The van der Waals surface area contributed by atoms with E-state index in [1.165, 1.54) is 6.08 Å². The third kappa shape index (κ3) is 12.4. The number of rotatable bonds is 18. The summed E-state index contributed by atoms with van der Waals surface area (Å²) in [6.07, 6.45) is 8.81. The number of aromatic nitrogens is 2. The predicted molar refractivity (Wildman–Crippen MR) is 262 cm³/mol. The molecule has 0 atom stereocenters. The summed E-state index contributed by atoms with van der Waals surface area (Å²) in [6.45, 7) is 6.91. The molecule has 0 unspecified atom stereocenters. The van der Waals surface area contributed by atoms with Crippen LogP contribution < -0.4 is 14.2 Å². The van der Waals surface area contributed by atoms with Gasteiger partial charge in [-0.3, -0.25) is 24.0 Å². The zero-order valence-electron chi connectivity index (χ0n) is 38.8. The minimum atomic E-state index is -0.551. The average molecular weight is 943 g/mol. The Kier molecular flexibility index (Phi) is 16.0. The summed E-state index contributed by atoms with van der Waals surface area (Å²) in [5.41, 5.74) is 4.60. The van der Waals surface area contributed by atoms with Gasteiger partial charge in [0.2, 0.25) is 0 Å². The fraction of sp³-hybridized carbons (Fsp3) is 0.298. The monoisotopic (exact) mass is 942 g/mol. The van der Waals surface area contributed by atoms with Crippen LogP contribution in [0.4, 0.5) is 0 Å². The number of ether oxygens (including phenoxy) is 5. The lowest BCUT2D eigenvalue weighted by Gasteiger charge is -2.28. The fourth-order valence-corrected chi connectivity index (χ4v) is 8.96. The molecule has 6 aromatic rings. The normalized spacial score (nSPS) is 17.7. The van der Waals surface area contributed by atoms with E-state index >= 15 is 0 Å². The molecule has 0 spiro atoms. The van der Waals surface area contributed by atoms with Crippen LogP contribution in [0.25, 0.3) is 33.1 Å². The summed E-state index contributed by atoms with van der Waals surface area (Å²) in [6, 6.07) is 31.2. The Morgan fingerprint density at radius 2 is 1.03 bits per heavy atom. The molecule has 0 aliphatic heterocycles. The van der Waals surface area contributed by atoms with Crippen LogP contribution in [-0.4, -0.2) is 57.8 Å². The van der Waals surface area contributed by atoms with E-state index in [4.69, 9.17) is 33.7 Å². The lowest BCUT2D eigenvalue weighted by Crippen LogP contribution is -2.30. The Labute approximate surface area is 405 Å². The first-order valence-corrected chi connectivity index (χ1v) is 23.8. The largest absolute Gasteiger partial charge is 0.462 e. The van der Waals surface area contributed by atoms with Crippen LogP contribution in [0.1, 0.15) is 80.9 Å². The minimum Gasteiger partial charge on any atom is -0.462 e. The Bertz CT molecular complexity index is 2900. The van der Waals surface area contributed by atoms with Gasteiger partial charge in [-0.1, -0.05) is 104 Å². The van der Waals surface area contributed by atoms with Crippen LogP contribution in [0.2, 0.25) is 0 Å². The van der Waals surface area contributed by atoms with Crippen molar-refractivity contribution in [3.05, 3.63) is 151 Å². The van der Waals surface area contributed by atoms with Crippen LogP contribution in [-0.2, 0) is 57.5 Å². The van der Waals surface area contributed by atoms with Gasteiger partial charge >= 0.3 is 29.8 Å². The molecule has 0 amide bonds. The van der Waals surface area contributed by atoms with Gasteiger partial charge in [0.05, 0.1) is 23.7 Å². The highest BCUT2D eigenvalue weighted by Gasteiger charge is 2.33. The van der Waals surface area contributed by atoms with E-state index in [1.54, 1.807) is 42.6 Å². The molecule has 0 bridgehead atoms. The molecule has 0 saturated heterocycles. The van der Waals surface area contributed by atoms with Crippen LogP contribution in [0.3, 0.4) is 0 Å². The van der Waals surface area contributed by atoms with Crippen LogP contribution >= 0.6 is 0 Å². The molecular weight excluding hydrogens is 889 g/mol. The van der Waals surface area contributed by atoms with E-state index < -0.39 is 29.7 Å². The predicted octanol–water partition coefficient (Wildman–Crippen LogP) is 10.1. The summed E-state index contributed by atoms with van der Waals surface area (Å²) < 4.78 is 29.3. The first kappa shape index (κ1) is 48.6. The van der Waals surface area contributed by atoms with E-state index in [9.17, 15) is 28.8 Å². The molecule has 2 saturated carbocycles. The summed E-state index contributed by atoms with van der Waals surface area (Å²) in [4.78, 5) is 86.7. The SMILES string of the molecule is C=CC(=O)Cc1ccc(CCC(=O)OC2CCC(C(=O)Oc3c4ccccc4c(OC(=O)C4CCC(OC(=O)CCc5ccc(OC(=O)C=C)cc5)CC4)c4nc(-c5ccccc5)cnc34)CC2)cc1. The number of benzene rings is 5. The lowest BCUT2D eigenvalue weighted by atomic mass is 9.87. The maximum absolute atomic E-state index is 14.1. The highest BCUT2D eigenvalue weighted by atomic mass is 16.6. The van der Waals surface area contributed by atoms with Crippen molar-refractivity contribution in [2.75, 3.05) is 0 Å². The van der Waals surface area contributed by atoms with Crippen molar-refractivity contribution >= 4 is 57.4 Å².